The average molecular weight is 253 g/mol. The maximum atomic E-state index is 11.9. The number of alkyl halides is 3. The van der Waals surface area contributed by atoms with Crippen LogP contribution < -0.4 is 5.73 Å². The number of aryl methyl sites for hydroxylation is 1. The van der Waals surface area contributed by atoms with Crippen LogP contribution in [0.2, 0.25) is 0 Å². The molecule has 0 fully saturated rings. The van der Waals surface area contributed by atoms with E-state index in [2.05, 4.69) is 4.98 Å². The average Bonchev–Trinajstić information content (AvgIpc) is 2.48. The fourth-order valence-electron chi connectivity index (χ4n) is 1.30. The fraction of sp³-hybridized carbons (Fsp3) is 0.667. The molecule has 0 aliphatic heterocycles. The molecule has 1 aromatic rings. The molecule has 1 heterocycles. The van der Waals surface area contributed by atoms with E-state index in [0.29, 0.717) is 0 Å². The molecule has 1 rings (SSSR count). The van der Waals surface area contributed by atoms with Crippen molar-refractivity contribution in [2.45, 2.75) is 31.4 Å². The number of imidazole rings is 1. The summed E-state index contributed by atoms with van der Waals surface area (Å²) in [4.78, 5) is 3.90. The molecule has 0 unspecified atom stereocenters. The highest BCUT2D eigenvalue weighted by Crippen LogP contribution is 2.30. The van der Waals surface area contributed by atoms with E-state index in [0.717, 1.165) is 5.69 Å². The number of nitrogens with zero attached hydrogens (tertiary/aromatic N) is 2. The van der Waals surface area contributed by atoms with Crippen LogP contribution in [0, 0.1) is 0 Å². The summed E-state index contributed by atoms with van der Waals surface area (Å²) in [6, 6.07) is 0. The molecule has 0 atom stereocenters. The van der Waals surface area contributed by atoms with Crippen LogP contribution in [0.3, 0.4) is 0 Å². The van der Waals surface area contributed by atoms with Gasteiger partial charge in [0.2, 0.25) is 0 Å². The summed E-state index contributed by atoms with van der Waals surface area (Å²) in [7, 11) is 0. The van der Waals surface area contributed by atoms with Crippen LogP contribution >= 0.6 is 11.8 Å². The van der Waals surface area contributed by atoms with Gasteiger partial charge in [-0.05, 0) is 25.6 Å². The highest BCUT2D eigenvalue weighted by atomic mass is 32.2. The zero-order chi connectivity index (χ0) is 12.4. The molecule has 0 bridgehead atoms. The maximum absolute atomic E-state index is 11.9. The van der Waals surface area contributed by atoms with Crippen molar-refractivity contribution in [3.05, 3.63) is 18.2 Å². The Balaban J connectivity index is 2.59. The maximum Gasteiger partial charge on any atom is 0.441 e. The quantitative estimate of drug-likeness (QED) is 0.895. The number of hydrogen-bond acceptors (Lipinski definition) is 3. The highest BCUT2D eigenvalue weighted by Gasteiger charge is 2.28. The van der Waals surface area contributed by atoms with Gasteiger partial charge in [-0.25, -0.2) is 4.98 Å². The van der Waals surface area contributed by atoms with Crippen molar-refractivity contribution in [1.29, 1.82) is 0 Å². The van der Waals surface area contributed by atoms with Gasteiger partial charge in [-0.2, -0.15) is 13.2 Å². The fourth-order valence-corrected chi connectivity index (χ4v) is 1.81. The molecule has 2 N–H and O–H groups in total. The zero-order valence-corrected chi connectivity index (χ0v) is 9.90. The second kappa shape index (κ2) is 4.67. The summed E-state index contributed by atoms with van der Waals surface area (Å²) in [5.74, 6) is -0.0388. The molecule has 16 heavy (non-hydrogen) atoms. The molecule has 0 spiro atoms. The predicted molar refractivity (Wildman–Crippen MR) is 58.0 cm³/mol. The van der Waals surface area contributed by atoms with Crippen molar-refractivity contribution < 1.29 is 13.2 Å². The van der Waals surface area contributed by atoms with Crippen LogP contribution in [0.4, 0.5) is 13.2 Å². The molecule has 0 amide bonds. The second-order valence-corrected chi connectivity index (χ2v) is 5.15. The van der Waals surface area contributed by atoms with Crippen molar-refractivity contribution in [2.75, 3.05) is 5.75 Å². The van der Waals surface area contributed by atoms with Crippen molar-refractivity contribution in [3.63, 3.8) is 0 Å². The third-order valence-corrected chi connectivity index (χ3v) is 2.68. The lowest BCUT2D eigenvalue weighted by Gasteiger charge is -2.20. The Bertz CT molecular complexity index is 341. The second-order valence-electron chi connectivity index (χ2n) is 3.99. The molecule has 92 valence electrons. The first-order valence-corrected chi connectivity index (χ1v) is 5.69. The Hall–Kier alpha value is -0.690. The van der Waals surface area contributed by atoms with E-state index in [9.17, 15) is 13.2 Å². The van der Waals surface area contributed by atoms with Crippen molar-refractivity contribution >= 4 is 11.8 Å². The molecule has 0 aromatic carbocycles. The van der Waals surface area contributed by atoms with Gasteiger partial charge in [0, 0.05) is 18.5 Å². The normalized spacial score (nSPS) is 13.1. The predicted octanol–water partition coefficient (Wildman–Crippen LogP) is 2.33. The monoisotopic (exact) mass is 253 g/mol. The molecule has 7 heteroatoms. The van der Waals surface area contributed by atoms with Crippen LogP contribution in [-0.4, -0.2) is 20.8 Å². The smallest absolute Gasteiger partial charge is 0.332 e. The van der Waals surface area contributed by atoms with Crippen molar-refractivity contribution in [2.24, 2.45) is 5.73 Å². The number of aromatic nitrogens is 2. The van der Waals surface area contributed by atoms with Gasteiger partial charge in [-0.3, -0.25) is 0 Å². The van der Waals surface area contributed by atoms with E-state index in [1.54, 1.807) is 24.6 Å². The van der Waals surface area contributed by atoms with Crippen LogP contribution in [-0.2, 0) is 12.1 Å². The Morgan fingerprint density at radius 3 is 2.56 bits per heavy atom. The minimum absolute atomic E-state index is 0.0383. The standard InChI is InChI=1S/C9H14F3N3S/c1-8(2,13)7-5-14-6-15(7)3-4-16-9(10,11)12/h5-6H,3-4,13H2,1-2H3. The third-order valence-electron chi connectivity index (χ3n) is 1.97. The van der Waals surface area contributed by atoms with Gasteiger partial charge < -0.3 is 10.3 Å². The molecular weight excluding hydrogens is 239 g/mol. The minimum Gasteiger partial charge on any atom is -0.332 e. The number of hydrogen-bond donors (Lipinski definition) is 1. The Kier molecular flexibility index (Phi) is 3.90. The van der Waals surface area contributed by atoms with Gasteiger partial charge >= 0.3 is 5.51 Å². The first-order valence-electron chi connectivity index (χ1n) is 4.70. The topological polar surface area (TPSA) is 43.8 Å². The van der Waals surface area contributed by atoms with Crippen molar-refractivity contribution in [1.82, 2.24) is 9.55 Å². The largest absolute Gasteiger partial charge is 0.441 e. The lowest BCUT2D eigenvalue weighted by molar-refractivity contribution is -0.0328. The van der Waals surface area contributed by atoms with E-state index in [1.165, 1.54) is 6.33 Å². The summed E-state index contributed by atoms with van der Waals surface area (Å²) >= 11 is -0.0383. The summed E-state index contributed by atoms with van der Waals surface area (Å²) < 4.78 is 37.4. The first-order chi connectivity index (χ1) is 7.20. The summed E-state index contributed by atoms with van der Waals surface area (Å²) in [6.45, 7) is 3.83. The first kappa shape index (κ1) is 13.4. The summed E-state index contributed by atoms with van der Waals surface area (Å²) in [6.07, 6.45) is 3.08. The zero-order valence-electron chi connectivity index (χ0n) is 9.08. The molecule has 0 radical (unpaired) electrons. The third kappa shape index (κ3) is 4.05. The van der Waals surface area contributed by atoms with Gasteiger partial charge in [0.05, 0.1) is 17.6 Å². The molecule has 0 aliphatic carbocycles. The Morgan fingerprint density at radius 1 is 1.44 bits per heavy atom. The molecule has 0 saturated carbocycles. The lowest BCUT2D eigenvalue weighted by atomic mass is 10.0. The Morgan fingerprint density at radius 2 is 2.06 bits per heavy atom. The van der Waals surface area contributed by atoms with Crippen LogP contribution in [0.1, 0.15) is 19.5 Å². The van der Waals surface area contributed by atoms with Gasteiger partial charge in [0.25, 0.3) is 0 Å². The molecule has 3 nitrogen and oxygen atoms in total. The van der Waals surface area contributed by atoms with Crippen LogP contribution in [0.15, 0.2) is 12.5 Å². The molecular formula is C9H14F3N3S. The van der Waals surface area contributed by atoms with Gasteiger partial charge in [0.1, 0.15) is 0 Å². The van der Waals surface area contributed by atoms with Crippen molar-refractivity contribution in [3.8, 4) is 0 Å². The molecule has 0 aliphatic rings. The summed E-state index contributed by atoms with van der Waals surface area (Å²) in [5.41, 5.74) is 1.82. The molecule has 1 aromatic heterocycles. The van der Waals surface area contributed by atoms with Gasteiger partial charge in [-0.15, -0.1) is 0 Å². The van der Waals surface area contributed by atoms with Gasteiger partial charge in [0.15, 0.2) is 0 Å². The SMILES string of the molecule is CC(C)(N)c1cncn1CCSC(F)(F)F. The summed E-state index contributed by atoms with van der Waals surface area (Å²) in [5, 5.41) is 0. The minimum atomic E-state index is -4.18. The van der Waals surface area contributed by atoms with E-state index >= 15 is 0 Å². The number of halogens is 3. The number of nitrogens with two attached hydrogens (primary N) is 1. The van der Waals surface area contributed by atoms with E-state index < -0.39 is 11.0 Å². The van der Waals surface area contributed by atoms with E-state index in [-0.39, 0.29) is 24.1 Å². The number of rotatable bonds is 4. The van der Waals surface area contributed by atoms with E-state index in [4.69, 9.17) is 5.73 Å². The molecule has 0 saturated heterocycles. The highest BCUT2D eigenvalue weighted by molar-refractivity contribution is 8.00. The van der Waals surface area contributed by atoms with Gasteiger partial charge in [-0.1, -0.05) is 0 Å². The Labute approximate surface area is 96.2 Å². The van der Waals surface area contributed by atoms with Crippen LogP contribution in [0.5, 0.6) is 0 Å². The van der Waals surface area contributed by atoms with E-state index in [1.807, 2.05) is 0 Å². The van der Waals surface area contributed by atoms with Crippen LogP contribution in [0.25, 0.3) is 0 Å². The lowest BCUT2D eigenvalue weighted by Crippen LogP contribution is -2.31. The number of thioether (sulfide) groups is 1.